The summed E-state index contributed by atoms with van der Waals surface area (Å²) < 4.78 is 0. The van der Waals surface area contributed by atoms with E-state index in [4.69, 9.17) is 9.98 Å². The van der Waals surface area contributed by atoms with Crippen LogP contribution in [0.3, 0.4) is 0 Å². The number of fused-ring (bicyclic) bond motifs is 1. The van der Waals surface area contributed by atoms with Crippen LogP contribution in [0.5, 0.6) is 0 Å². The van der Waals surface area contributed by atoms with Gasteiger partial charge in [-0.05, 0) is 83.7 Å². The van der Waals surface area contributed by atoms with E-state index in [0.717, 1.165) is 38.3 Å². The Morgan fingerprint density at radius 1 is 1.18 bits per heavy atom. The number of pyridine rings is 1. The minimum Gasteiger partial charge on any atom is -0.355 e. The average molecular weight is 447 g/mol. The summed E-state index contributed by atoms with van der Waals surface area (Å²) in [6, 6.07) is 5.17. The summed E-state index contributed by atoms with van der Waals surface area (Å²) >= 11 is 0. The summed E-state index contributed by atoms with van der Waals surface area (Å²) in [5.74, 6) is 2.48. The molecule has 0 aromatic carbocycles. The molecule has 6 heteroatoms. The van der Waals surface area contributed by atoms with Gasteiger partial charge >= 0.3 is 0 Å². The number of rotatable bonds is 3. The van der Waals surface area contributed by atoms with Gasteiger partial charge in [0, 0.05) is 37.4 Å². The Labute approximate surface area is 198 Å². The number of aromatic nitrogens is 1. The smallest absolute Gasteiger partial charge is 0.130 e. The van der Waals surface area contributed by atoms with Crippen LogP contribution in [0.15, 0.2) is 47.4 Å². The molecule has 0 radical (unpaired) electrons. The molecule has 1 aromatic heterocycles. The molecule has 2 saturated heterocycles. The lowest BCUT2D eigenvalue weighted by Gasteiger charge is -2.47. The summed E-state index contributed by atoms with van der Waals surface area (Å²) in [5.41, 5.74) is 2.72. The summed E-state index contributed by atoms with van der Waals surface area (Å²) in [4.78, 5) is 17.9. The van der Waals surface area contributed by atoms with Gasteiger partial charge < -0.3 is 15.1 Å². The molecule has 1 aromatic rings. The van der Waals surface area contributed by atoms with E-state index in [-0.39, 0.29) is 5.54 Å². The van der Waals surface area contributed by atoms with Crippen molar-refractivity contribution in [2.75, 3.05) is 26.7 Å². The van der Waals surface area contributed by atoms with E-state index < -0.39 is 0 Å². The van der Waals surface area contributed by atoms with E-state index in [9.17, 15) is 0 Å². The van der Waals surface area contributed by atoms with Crippen molar-refractivity contribution in [1.29, 1.82) is 0 Å². The van der Waals surface area contributed by atoms with E-state index >= 15 is 0 Å². The average Bonchev–Trinajstić information content (AvgIpc) is 3.55. The maximum atomic E-state index is 5.40. The van der Waals surface area contributed by atoms with Crippen LogP contribution in [-0.4, -0.2) is 75.4 Å². The van der Waals surface area contributed by atoms with Gasteiger partial charge in [0.1, 0.15) is 11.7 Å². The van der Waals surface area contributed by atoms with E-state index in [0.29, 0.717) is 23.7 Å². The van der Waals surface area contributed by atoms with Crippen molar-refractivity contribution in [1.82, 2.24) is 25.0 Å². The second kappa shape index (κ2) is 7.67. The van der Waals surface area contributed by atoms with Crippen molar-refractivity contribution >= 4 is 5.84 Å². The molecule has 176 valence electrons. The monoisotopic (exact) mass is 446 g/mol. The van der Waals surface area contributed by atoms with Crippen LogP contribution in [-0.2, 0) is 0 Å². The van der Waals surface area contributed by atoms with Crippen LogP contribution in [0.4, 0.5) is 0 Å². The van der Waals surface area contributed by atoms with Gasteiger partial charge in [0.15, 0.2) is 0 Å². The van der Waals surface area contributed by atoms with E-state index in [1.54, 1.807) is 0 Å². The number of likely N-dealkylation sites (N-methyl/N-ethyl adjacent to an activating group) is 1. The predicted molar refractivity (Wildman–Crippen MR) is 133 cm³/mol. The van der Waals surface area contributed by atoms with E-state index in [1.165, 1.54) is 36.3 Å². The third kappa shape index (κ3) is 3.36. The number of piperidine rings is 1. The number of hydrogen-bond donors (Lipinski definition) is 1. The van der Waals surface area contributed by atoms with Crippen LogP contribution in [0, 0.1) is 6.92 Å². The summed E-state index contributed by atoms with van der Waals surface area (Å²) in [6.07, 6.45) is 14.8. The first kappa shape index (κ1) is 21.4. The Morgan fingerprint density at radius 3 is 2.82 bits per heavy atom. The quantitative estimate of drug-likeness (QED) is 0.768. The molecule has 6 rings (SSSR count). The second-order valence-corrected chi connectivity index (χ2v) is 11.1. The highest BCUT2D eigenvalue weighted by molar-refractivity contribution is 5.97. The van der Waals surface area contributed by atoms with Crippen molar-refractivity contribution in [3.05, 3.63) is 53.6 Å². The number of allylic oxidation sites excluding steroid dienone is 2. The number of hydrogen-bond acceptors (Lipinski definition) is 6. The highest BCUT2D eigenvalue weighted by Crippen LogP contribution is 2.46. The van der Waals surface area contributed by atoms with Crippen LogP contribution in [0.2, 0.25) is 0 Å². The molecule has 6 nitrogen and oxygen atoms in total. The summed E-state index contributed by atoms with van der Waals surface area (Å²) in [7, 11) is 2.30. The molecule has 0 bridgehead atoms. The summed E-state index contributed by atoms with van der Waals surface area (Å²) in [6.45, 7) is 10.3. The highest BCUT2D eigenvalue weighted by Gasteiger charge is 2.53. The van der Waals surface area contributed by atoms with E-state index in [2.05, 4.69) is 72.1 Å². The second-order valence-electron chi connectivity index (χ2n) is 11.1. The Kier molecular flexibility index (Phi) is 4.97. The van der Waals surface area contributed by atoms with Crippen molar-refractivity contribution in [2.45, 2.75) is 82.1 Å². The molecule has 3 fully saturated rings. The lowest BCUT2D eigenvalue weighted by atomic mass is 9.79. The molecular formula is C27H38N6. The molecular weight excluding hydrogens is 408 g/mol. The minimum atomic E-state index is -0.172. The molecule has 1 spiro atoms. The molecule has 1 saturated carbocycles. The molecule has 1 unspecified atom stereocenters. The number of piperazine rings is 1. The van der Waals surface area contributed by atoms with E-state index in [1.807, 2.05) is 12.3 Å². The van der Waals surface area contributed by atoms with Gasteiger partial charge in [-0.1, -0.05) is 12.1 Å². The third-order valence-corrected chi connectivity index (χ3v) is 9.20. The molecule has 1 aliphatic carbocycles. The predicted octanol–water partition coefficient (Wildman–Crippen LogP) is 3.63. The van der Waals surface area contributed by atoms with Gasteiger partial charge in [-0.25, -0.2) is 0 Å². The topological polar surface area (TPSA) is 47.0 Å². The van der Waals surface area contributed by atoms with Gasteiger partial charge in [-0.2, -0.15) is 0 Å². The first-order valence-corrected chi connectivity index (χ1v) is 12.8. The van der Waals surface area contributed by atoms with Crippen LogP contribution in [0.1, 0.15) is 63.3 Å². The molecule has 0 amide bonds. The molecule has 5 aliphatic rings. The van der Waals surface area contributed by atoms with Gasteiger partial charge in [-0.3, -0.25) is 14.9 Å². The molecule has 4 aliphatic heterocycles. The number of aryl methyl sites for hydroxylation is 1. The normalized spacial score (nSPS) is 35.5. The summed E-state index contributed by atoms with van der Waals surface area (Å²) in [5, 5.41) is 4.00. The van der Waals surface area contributed by atoms with Crippen LogP contribution < -0.4 is 5.32 Å². The van der Waals surface area contributed by atoms with Crippen molar-refractivity contribution in [2.24, 2.45) is 4.99 Å². The third-order valence-electron chi connectivity index (χ3n) is 9.20. The van der Waals surface area contributed by atoms with Crippen LogP contribution in [0.25, 0.3) is 0 Å². The lowest BCUT2D eigenvalue weighted by molar-refractivity contribution is 0.0773. The molecule has 1 N–H and O–H groups in total. The first-order chi connectivity index (χ1) is 15.9. The molecule has 4 atom stereocenters. The SMILES string of the molecule is Cc1cccnc1[C@@H]1CCC[C@H]([C@@]2(C)N=C3C=CC=C(N4CCN(C)C5(CC5)C4)N3C2C)N1. The Morgan fingerprint density at radius 2 is 2.03 bits per heavy atom. The zero-order valence-electron chi connectivity index (χ0n) is 20.6. The lowest BCUT2D eigenvalue weighted by Crippen LogP contribution is -2.59. The first-order valence-electron chi connectivity index (χ1n) is 12.8. The largest absolute Gasteiger partial charge is 0.355 e. The maximum Gasteiger partial charge on any atom is 0.130 e. The van der Waals surface area contributed by atoms with Gasteiger partial charge in [-0.15, -0.1) is 0 Å². The van der Waals surface area contributed by atoms with Gasteiger partial charge in [0.25, 0.3) is 0 Å². The van der Waals surface area contributed by atoms with Gasteiger partial charge in [0.05, 0.1) is 23.3 Å². The number of amidine groups is 1. The van der Waals surface area contributed by atoms with Crippen molar-refractivity contribution in [3.8, 4) is 0 Å². The van der Waals surface area contributed by atoms with Crippen molar-refractivity contribution in [3.63, 3.8) is 0 Å². The standard InChI is InChI=1S/C27H38N6/c1-19-8-7-15-28-25(19)21-9-5-10-22(29-21)26(3)20(2)33-23(30-26)11-6-12-24(33)32-17-16-31(4)27(18-32)13-14-27/h6-8,11-12,15,20-22,29H,5,9-10,13-14,16-18H2,1-4H3/t20?,21-,22+,26-/m0/s1. The highest BCUT2D eigenvalue weighted by atomic mass is 15.4. The minimum absolute atomic E-state index is 0.172. The maximum absolute atomic E-state index is 5.40. The zero-order chi connectivity index (χ0) is 22.8. The van der Waals surface area contributed by atoms with Crippen LogP contribution >= 0.6 is 0 Å². The number of nitrogens with zero attached hydrogens (tertiary/aromatic N) is 5. The Bertz CT molecular complexity index is 1020. The fourth-order valence-electron chi connectivity index (χ4n) is 6.63. The van der Waals surface area contributed by atoms with Gasteiger partial charge in [0.2, 0.25) is 0 Å². The fraction of sp³-hybridized carbons (Fsp3) is 0.630. The fourth-order valence-corrected chi connectivity index (χ4v) is 6.63. The Hall–Kier alpha value is -2.18. The zero-order valence-corrected chi connectivity index (χ0v) is 20.6. The Balaban J connectivity index is 1.25. The molecule has 5 heterocycles. The molecule has 33 heavy (non-hydrogen) atoms. The number of nitrogens with one attached hydrogen (secondary N) is 1. The number of aliphatic imine (C=N–C) groups is 1. The van der Waals surface area contributed by atoms with Crippen molar-refractivity contribution < 1.29 is 0 Å².